The second-order valence-corrected chi connectivity index (χ2v) is 8.29. The third-order valence-corrected chi connectivity index (χ3v) is 5.54. The Kier molecular flexibility index (Phi) is 5.63. The number of benzene rings is 1. The molecule has 0 fully saturated rings. The fourth-order valence-electron chi connectivity index (χ4n) is 3.32. The van der Waals surface area contributed by atoms with E-state index in [1.54, 1.807) is 12.1 Å². The summed E-state index contributed by atoms with van der Waals surface area (Å²) in [6.07, 6.45) is 1.49. The monoisotopic (exact) mass is 418 g/mol. The van der Waals surface area contributed by atoms with Gasteiger partial charge in [-0.15, -0.1) is 11.3 Å². The number of furan rings is 1. The van der Waals surface area contributed by atoms with Gasteiger partial charge in [0.1, 0.15) is 5.00 Å². The van der Waals surface area contributed by atoms with Crippen molar-refractivity contribution in [3.63, 3.8) is 0 Å². The minimum Gasteiger partial charge on any atom is -0.459 e. The number of hydrogen-bond acceptors (Lipinski definition) is 6. The average Bonchev–Trinajstić information content (AvgIpc) is 3.36. The molecule has 2 N–H and O–H groups in total. The van der Waals surface area contributed by atoms with Crippen LogP contribution in [0.25, 0.3) is 0 Å². The lowest BCUT2D eigenvalue weighted by Crippen LogP contribution is -2.17. The first-order chi connectivity index (χ1) is 14.5. The van der Waals surface area contributed by atoms with Crippen molar-refractivity contribution < 1.29 is 9.21 Å². The highest BCUT2D eigenvalue weighted by atomic mass is 32.1. The van der Waals surface area contributed by atoms with Crippen LogP contribution in [0.2, 0.25) is 0 Å². The van der Waals surface area contributed by atoms with Gasteiger partial charge in [0.25, 0.3) is 5.91 Å². The number of thiophene rings is 1. The van der Waals surface area contributed by atoms with Gasteiger partial charge < -0.3 is 15.1 Å². The molecular formula is C23H22N4O2S. The number of hydrogen-bond donors (Lipinski definition) is 2. The number of anilines is 2. The zero-order valence-electron chi connectivity index (χ0n) is 17.0. The van der Waals surface area contributed by atoms with Crippen molar-refractivity contribution in [3.8, 4) is 0 Å². The molecule has 1 aromatic carbocycles. The van der Waals surface area contributed by atoms with Crippen LogP contribution in [0.3, 0.4) is 0 Å². The standard InChI is InChI=1S/C23H22N4O2S/c1-14-12-15(2)25-23(24-14)26-20(17-8-5-4-6-9-17)18-13-16(3)30-22(18)27-21(28)19-10-7-11-29-19/h4-13,20H,1-3H3,(H,27,28)(H,24,25,26)/t20-/m0/s1. The molecule has 0 spiro atoms. The molecular weight excluding hydrogens is 396 g/mol. The number of nitrogens with one attached hydrogen (secondary N) is 2. The van der Waals surface area contributed by atoms with Gasteiger partial charge in [-0.25, -0.2) is 9.97 Å². The van der Waals surface area contributed by atoms with Gasteiger partial charge >= 0.3 is 0 Å². The number of amides is 1. The molecule has 0 saturated carbocycles. The number of carbonyl (C=O) groups is 1. The van der Waals surface area contributed by atoms with Gasteiger partial charge in [-0.3, -0.25) is 4.79 Å². The molecule has 3 aromatic heterocycles. The van der Waals surface area contributed by atoms with Gasteiger partial charge in [0, 0.05) is 21.8 Å². The molecule has 4 aromatic rings. The lowest BCUT2D eigenvalue weighted by atomic mass is 10.00. The SMILES string of the molecule is Cc1cc(C)nc(N[C@@H](c2ccccc2)c2cc(C)sc2NC(=O)c2ccco2)n1. The van der Waals surface area contributed by atoms with E-state index in [0.717, 1.165) is 32.4 Å². The Hall–Kier alpha value is -3.45. The molecule has 152 valence electrons. The Balaban J connectivity index is 1.73. The van der Waals surface area contributed by atoms with Crippen molar-refractivity contribution in [1.82, 2.24) is 9.97 Å². The summed E-state index contributed by atoms with van der Waals surface area (Å²) in [5, 5.41) is 7.23. The van der Waals surface area contributed by atoms with Crippen LogP contribution in [0.1, 0.15) is 44.0 Å². The van der Waals surface area contributed by atoms with Crippen LogP contribution >= 0.6 is 11.3 Å². The van der Waals surface area contributed by atoms with Crippen molar-refractivity contribution in [2.45, 2.75) is 26.8 Å². The maximum Gasteiger partial charge on any atom is 0.291 e. The van der Waals surface area contributed by atoms with Gasteiger partial charge in [-0.05, 0) is 50.6 Å². The van der Waals surface area contributed by atoms with E-state index < -0.39 is 0 Å². The molecule has 0 bridgehead atoms. The average molecular weight is 419 g/mol. The summed E-state index contributed by atoms with van der Waals surface area (Å²) in [6.45, 7) is 5.91. The normalized spacial score (nSPS) is 11.8. The van der Waals surface area contributed by atoms with Gasteiger partial charge in [0.2, 0.25) is 5.95 Å². The molecule has 6 nitrogen and oxygen atoms in total. The van der Waals surface area contributed by atoms with Crippen molar-refractivity contribution >= 4 is 28.2 Å². The number of aryl methyl sites for hydroxylation is 3. The number of carbonyl (C=O) groups excluding carboxylic acids is 1. The molecule has 0 saturated heterocycles. The molecule has 1 atom stereocenters. The van der Waals surface area contributed by atoms with Gasteiger partial charge in [-0.2, -0.15) is 0 Å². The van der Waals surface area contributed by atoms with Crippen molar-refractivity contribution in [1.29, 1.82) is 0 Å². The van der Waals surface area contributed by atoms with Crippen molar-refractivity contribution in [2.24, 2.45) is 0 Å². The molecule has 7 heteroatoms. The first-order valence-electron chi connectivity index (χ1n) is 9.58. The smallest absolute Gasteiger partial charge is 0.291 e. The highest BCUT2D eigenvalue weighted by molar-refractivity contribution is 7.16. The van der Waals surface area contributed by atoms with E-state index in [4.69, 9.17) is 4.42 Å². The van der Waals surface area contributed by atoms with Gasteiger partial charge in [0.15, 0.2) is 5.76 Å². The Bertz CT molecular complexity index is 1130. The second kappa shape index (κ2) is 8.51. The van der Waals surface area contributed by atoms with E-state index in [9.17, 15) is 4.79 Å². The van der Waals surface area contributed by atoms with Crippen molar-refractivity contribution in [3.05, 3.63) is 94.0 Å². The van der Waals surface area contributed by atoms with Crippen molar-refractivity contribution in [2.75, 3.05) is 10.6 Å². The fraction of sp³-hybridized carbons (Fsp3) is 0.174. The molecule has 1 amide bonds. The number of aromatic nitrogens is 2. The summed E-state index contributed by atoms with van der Waals surface area (Å²) in [7, 11) is 0. The molecule has 30 heavy (non-hydrogen) atoms. The summed E-state index contributed by atoms with van der Waals surface area (Å²) in [4.78, 5) is 22.8. The lowest BCUT2D eigenvalue weighted by molar-refractivity contribution is 0.0997. The number of rotatable bonds is 6. The van der Waals surface area contributed by atoms with Crippen LogP contribution in [0.5, 0.6) is 0 Å². The third kappa shape index (κ3) is 4.41. The van der Waals surface area contributed by atoms with Gasteiger partial charge in [-0.1, -0.05) is 30.3 Å². The molecule has 0 aliphatic carbocycles. The second-order valence-electron chi connectivity index (χ2n) is 7.04. The van der Waals surface area contributed by atoms with Crippen LogP contribution in [0.15, 0.2) is 65.3 Å². The summed E-state index contributed by atoms with van der Waals surface area (Å²) in [6, 6.07) is 17.2. The molecule has 3 heterocycles. The Morgan fingerprint density at radius 1 is 1.00 bits per heavy atom. The van der Waals surface area contributed by atoms with E-state index in [-0.39, 0.29) is 17.7 Å². The van der Waals surface area contributed by atoms with Crippen LogP contribution in [0, 0.1) is 20.8 Å². The van der Waals surface area contributed by atoms with E-state index in [0.29, 0.717) is 5.95 Å². The molecule has 0 aliphatic heterocycles. The predicted octanol–water partition coefficient (Wildman–Crippen LogP) is 5.51. The van der Waals surface area contributed by atoms with Crippen LogP contribution in [-0.4, -0.2) is 15.9 Å². The third-order valence-electron chi connectivity index (χ3n) is 4.56. The van der Waals surface area contributed by atoms with Crippen LogP contribution in [0.4, 0.5) is 10.9 Å². The Labute approximate surface area is 179 Å². The summed E-state index contributed by atoms with van der Waals surface area (Å²) in [5.74, 6) is 0.542. The molecule has 0 unspecified atom stereocenters. The minimum absolute atomic E-state index is 0.232. The van der Waals surface area contributed by atoms with E-state index >= 15 is 0 Å². The minimum atomic E-state index is -0.280. The summed E-state index contributed by atoms with van der Waals surface area (Å²) < 4.78 is 5.24. The largest absolute Gasteiger partial charge is 0.459 e. The van der Waals surface area contributed by atoms with Gasteiger partial charge in [0.05, 0.1) is 12.3 Å². The first-order valence-corrected chi connectivity index (χ1v) is 10.4. The molecule has 0 radical (unpaired) electrons. The van der Waals surface area contributed by atoms with E-state index in [1.165, 1.54) is 17.6 Å². The predicted molar refractivity (Wildman–Crippen MR) is 119 cm³/mol. The quantitative estimate of drug-likeness (QED) is 0.432. The van der Waals surface area contributed by atoms with Crippen LogP contribution in [-0.2, 0) is 0 Å². The highest BCUT2D eigenvalue weighted by Gasteiger charge is 2.23. The first kappa shape index (κ1) is 19.8. The summed E-state index contributed by atoms with van der Waals surface area (Å²) >= 11 is 1.53. The lowest BCUT2D eigenvalue weighted by Gasteiger charge is -2.20. The summed E-state index contributed by atoms with van der Waals surface area (Å²) in [5.41, 5.74) is 3.78. The fourth-order valence-corrected chi connectivity index (χ4v) is 4.27. The van der Waals surface area contributed by atoms with E-state index in [1.807, 2.05) is 57.2 Å². The molecule has 4 rings (SSSR count). The van der Waals surface area contributed by atoms with Crippen LogP contribution < -0.4 is 10.6 Å². The maximum atomic E-state index is 12.6. The molecule has 0 aliphatic rings. The Morgan fingerprint density at radius 2 is 1.73 bits per heavy atom. The zero-order valence-corrected chi connectivity index (χ0v) is 17.8. The topological polar surface area (TPSA) is 80.0 Å². The zero-order chi connectivity index (χ0) is 21.1. The van der Waals surface area contributed by atoms with E-state index in [2.05, 4.69) is 26.7 Å². The maximum absolute atomic E-state index is 12.6. The number of nitrogens with zero attached hydrogens (tertiary/aromatic N) is 2. The Morgan fingerprint density at radius 3 is 2.40 bits per heavy atom. The highest BCUT2D eigenvalue weighted by Crippen LogP contribution is 2.37.